The van der Waals surface area contributed by atoms with Gasteiger partial charge in [-0.15, -0.1) is 10.2 Å². The van der Waals surface area contributed by atoms with E-state index in [-0.39, 0.29) is 23.1 Å². The summed E-state index contributed by atoms with van der Waals surface area (Å²) in [6.07, 6.45) is 0.297. The minimum Gasteiger partial charge on any atom is -0.325 e. The molecule has 0 aliphatic carbocycles. The van der Waals surface area contributed by atoms with Crippen LogP contribution in [0.25, 0.3) is 5.65 Å². The Morgan fingerprint density at radius 2 is 1.76 bits per heavy atom. The average Bonchev–Trinajstić information content (AvgIpc) is 3.22. The molecule has 33 heavy (non-hydrogen) atoms. The number of halogens is 1. The SMILES string of the molecule is O=C(CSc1ccc2nnc(CCNS(=O)(=O)c3ccccc3)n2n1)Nc1ccc(Cl)cc1. The molecule has 0 saturated heterocycles. The Kier molecular flexibility index (Phi) is 7.23. The van der Waals surface area contributed by atoms with Crippen molar-refractivity contribution in [2.24, 2.45) is 0 Å². The molecule has 0 spiro atoms. The first-order chi connectivity index (χ1) is 15.9. The fraction of sp³-hybridized carbons (Fsp3) is 0.143. The monoisotopic (exact) mass is 502 g/mol. The number of carbonyl (C=O) groups excluding carboxylic acids is 1. The topological polar surface area (TPSA) is 118 Å². The average molecular weight is 503 g/mol. The molecule has 1 amide bonds. The van der Waals surface area contributed by atoms with Gasteiger partial charge in [-0.25, -0.2) is 13.1 Å². The van der Waals surface area contributed by atoms with Crippen LogP contribution in [0.5, 0.6) is 0 Å². The summed E-state index contributed by atoms with van der Waals surface area (Å²) in [6, 6.07) is 18.5. The Balaban J connectivity index is 1.36. The summed E-state index contributed by atoms with van der Waals surface area (Å²) in [6.45, 7) is 0.139. The zero-order chi connectivity index (χ0) is 23.3. The maximum atomic E-state index is 12.4. The van der Waals surface area contributed by atoms with Crippen LogP contribution >= 0.6 is 23.4 Å². The second kappa shape index (κ2) is 10.3. The quantitative estimate of drug-likeness (QED) is 0.338. The molecule has 170 valence electrons. The molecule has 2 N–H and O–H groups in total. The fourth-order valence-electron chi connectivity index (χ4n) is 2.90. The van der Waals surface area contributed by atoms with Gasteiger partial charge in [0.05, 0.1) is 10.6 Å². The van der Waals surface area contributed by atoms with E-state index in [4.69, 9.17) is 11.6 Å². The van der Waals surface area contributed by atoms with E-state index in [1.165, 1.54) is 23.9 Å². The molecule has 2 heterocycles. The third-order valence-corrected chi connectivity index (χ3v) is 7.13. The molecule has 9 nitrogen and oxygen atoms in total. The molecule has 0 unspecified atom stereocenters. The summed E-state index contributed by atoms with van der Waals surface area (Å²) in [5.41, 5.74) is 1.19. The predicted octanol–water partition coefficient (Wildman–Crippen LogP) is 3.03. The van der Waals surface area contributed by atoms with Gasteiger partial charge in [0.15, 0.2) is 11.5 Å². The number of anilines is 1. The maximum absolute atomic E-state index is 12.4. The molecule has 4 rings (SSSR count). The van der Waals surface area contributed by atoms with E-state index >= 15 is 0 Å². The van der Waals surface area contributed by atoms with Gasteiger partial charge in [-0.3, -0.25) is 4.79 Å². The van der Waals surface area contributed by atoms with Gasteiger partial charge in [0.1, 0.15) is 5.03 Å². The Morgan fingerprint density at radius 3 is 2.52 bits per heavy atom. The number of nitrogens with zero attached hydrogens (tertiary/aromatic N) is 4. The van der Waals surface area contributed by atoms with Gasteiger partial charge in [0, 0.05) is 23.7 Å². The van der Waals surface area contributed by atoms with Crippen LogP contribution in [0.2, 0.25) is 5.02 Å². The van der Waals surface area contributed by atoms with Crippen LogP contribution < -0.4 is 10.0 Å². The fourth-order valence-corrected chi connectivity index (χ4v) is 4.73. The number of carbonyl (C=O) groups is 1. The lowest BCUT2D eigenvalue weighted by Gasteiger charge is -2.07. The van der Waals surface area contributed by atoms with E-state index in [1.807, 2.05) is 0 Å². The number of thioether (sulfide) groups is 1. The highest BCUT2D eigenvalue weighted by molar-refractivity contribution is 7.99. The second-order valence-electron chi connectivity index (χ2n) is 6.86. The summed E-state index contributed by atoms with van der Waals surface area (Å²) in [5.74, 6) is 0.493. The van der Waals surface area contributed by atoms with Gasteiger partial charge < -0.3 is 5.32 Å². The first-order valence-corrected chi connectivity index (χ1v) is 12.7. The Morgan fingerprint density at radius 1 is 1.00 bits per heavy atom. The van der Waals surface area contributed by atoms with Crippen LogP contribution in [0.1, 0.15) is 5.82 Å². The van der Waals surface area contributed by atoms with E-state index in [9.17, 15) is 13.2 Å². The molecule has 0 atom stereocenters. The van der Waals surface area contributed by atoms with E-state index in [2.05, 4.69) is 25.3 Å². The van der Waals surface area contributed by atoms with Crippen LogP contribution in [0.3, 0.4) is 0 Å². The lowest BCUT2D eigenvalue weighted by Crippen LogP contribution is -2.26. The molecule has 0 aliphatic rings. The van der Waals surface area contributed by atoms with E-state index in [0.717, 1.165) is 0 Å². The van der Waals surface area contributed by atoms with Crippen molar-refractivity contribution in [3.8, 4) is 0 Å². The summed E-state index contributed by atoms with van der Waals surface area (Å²) in [7, 11) is -3.61. The van der Waals surface area contributed by atoms with Crippen molar-refractivity contribution in [1.29, 1.82) is 0 Å². The third kappa shape index (κ3) is 6.08. The van der Waals surface area contributed by atoms with Crippen LogP contribution in [0, 0.1) is 0 Å². The van der Waals surface area contributed by atoms with E-state index in [0.29, 0.717) is 33.6 Å². The van der Waals surface area contributed by atoms with E-state index in [1.54, 1.807) is 59.1 Å². The molecule has 2 aromatic carbocycles. The zero-order valence-electron chi connectivity index (χ0n) is 17.2. The summed E-state index contributed by atoms with van der Waals surface area (Å²) in [5, 5.41) is 16.6. The molecule has 0 bridgehead atoms. The number of rotatable bonds is 9. The second-order valence-corrected chi connectivity index (χ2v) is 10.1. The first-order valence-electron chi connectivity index (χ1n) is 9.85. The Hall–Kier alpha value is -2.99. The van der Waals surface area contributed by atoms with Crippen molar-refractivity contribution in [2.45, 2.75) is 16.3 Å². The molecule has 4 aromatic rings. The molecular formula is C21H19ClN6O3S2. The normalized spacial score (nSPS) is 11.5. The number of aromatic nitrogens is 4. The van der Waals surface area contributed by atoms with Crippen LogP contribution in [-0.4, -0.2) is 46.4 Å². The van der Waals surface area contributed by atoms with Gasteiger partial charge >= 0.3 is 0 Å². The highest BCUT2D eigenvalue weighted by Crippen LogP contribution is 2.18. The van der Waals surface area contributed by atoms with Crippen molar-refractivity contribution in [2.75, 3.05) is 17.6 Å². The van der Waals surface area contributed by atoms with Gasteiger partial charge in [0.25, 0.3) is 0 Å². The van der Waals surface area contributed by atoms with Crippen molar-refractivity contribution in [3.05, 3.63) is 77.6 Å². The Labute approximate surface area is 199 Å². The van der Waals surface area contributed by atoms with Crippen LogP contribution in [-0.2, 0) is 21.2 Å². The molecule has 0 fully saturated rings. The maximum Gasteiger partial charge on any atom is 0.240 e. The molecule has 0 aliphatic heterocycles. The van der Waals surface area contributed by atoms with Crippen molar-refractivity contribution < 1.29 is 13.2 Å². The number of sulfonamides is 1. The molecule has 0 saturated carbocycles. The third-order valence-electron chi connectivity index (χ3n) is 4.48. The minimum atomic E-state index is -3.61. The molecule has 2 aromatic heterocycles. The number of benzene rings is 2. The zero-order valence-corrected chi connectivity index (χ0v) is 19.6. The standard InChI is InChI=1S/C21H19ClN6O3S2/c22-15-6-8-16(9-7-15)24-20(29)14-32-21-11-10-18-25-26-19(28(18)27-21)12-13-23-33(30,31)17-4-2-1-3-5-17/h1-11,23H,12-14H2,(H,24,29). The van der Waals surface area contributed by atoms with Gasteiger partial charge in [-0.2, -0.15) is 9.61 Å². The molecule has 0 radical (unpaired) electrons. The van der Waals surface area contributed by atoms with Crippen LogP contribution in [0.4, 0.5) is 5.69 Å². The molecular weight excluding hydrogens is 484 g/mol. The van der Waals surface area contributed by atoms with Gasteiger partial charge in [0.2, 0.25) is 15.9 Å². The number of hydrogen-bond donors (Lipinski definition) is 2. The number of hydrogen-bond acceptors (Lipinski definition) is 7. The van der Waals surface area contributed by atoms with E-state index < -0.39 is 10.0 Å². The number of nitrogens with one attached hydrogen (secondary N) is 2. The van der Waals surface area contributed by atoms with Crippen molar-refractivity contribution >= 4 is 50.6 Å². The van der Waals surface area contributed by atoms with Gasteiger partial charge in [-0.1, -0.05) is 41.6 Å². The predicted molar refractivity (Wildman–Crippen MR) is 127 cm³/mol. The van der Waals surface area contributed by atoms with Crippen molar-refractivity contribution in [1.82, 2.24) is 24.5 Å². The van der Waals surface area contributed by atoms with Crippen LogP contribution in [0.15, 0.2) is 76.7 Å². The summed E-state index contributed by atoms with van der Waals surface area (Å²) < 4.78 is 28.8. The lowest BCUT2D eigenvalue weighted by molar-refractivity contribution is -0.113. The Bertz CT molecular complexity index is 1360. The number of amides is 1. The van der Waals surface area contributed by atoms with Crippen molar-refractivity contribution in [3.63, 3.8) is 0 Å². The molecule has 12 heteroatoms. The van der Waals surface area contributed by atoms with Gasteiger partial charge in [-0.05, 0) is 48.5 Å². The highest BCUT2D eigenvalue weighted by atomic mass is 35.5. The highest BCUT2D eigenvalue weighted by Gasteiger charge is 2.14. The first kappa shape index (κ1) is 23.2. The minimum absolute atomic E-state index is 0.139. The largest absolute Gasteiger partial charge is 0.325 e. The number of fused-ring (bicyclic) bond motifs is 1. The lowest BCUT2D eigenvalue weighted by atomic mass is 10.3. The summed E-state index contributed by atoms with van der Waals surface area (Å²) in [4.78, 5) is 12.4. The smallest absolute Gasteiger partial charge is 0.240 e. The summed E-state index contributed by atoms with van der Waals surface area (Å²) >= 11 is 7.12.